The summed E-state index contributed by atoms with van der Waals surface area (Å²) in [6.45, 7) is 1.94. The van der Waals surface area contributed by atoms with Crippen LogP contribution >= 0.6 is 11.6 Å². The Morgan fingerprint density at radius 1 is 1.31 bits per heavy atom. The smallest absolute Gasteiger partial charge is 0.227 e. The molecule has 0 saturated heterocycles. The minimum absolute atomic E-state index is 0.0793. The summed E-state index contributed by atoms with van der Waals surface area (Å²) in [5.74, 6) is -0.515. The van der Waals surface area contributed by atoms with Crippen LogP contribution in [0.3, 0.4) is 0 Å². The van der Waals surface area contributed by atoms with Crippen molar-refractivity contribution in [2.75, 3.05) is 0 Å². The minimum Gasteiger partial charge on any atom is -0.227 e. The van der Waals surface area contributed by atoms with Gasteiger partial charge in [0.25, 0.3) is 6.43 Å². The maximum Gasteiger partial charge on any atom is 0.297 e. The summed E-state index contributed by atoms with van der Waals surface area (Å²) in [5, 5.41) is 0.695. The number of benzene rings is 1. The van der Waals surface area contributed by atoms with Crippen molar-refractivity contribution >= 4 is 22.5 Å². The van der Waals surface area contributed by atoms with E-state index in [1.54, 1.807) is 6.07 Å². The van der Waals surface area contributed by atoms with E-state index in [9.17, 15) is 8.78 Å². The Kier molecular flexibility index (Phi) is 3.01. The summed E-state index contributed by atoms with van der Waals surface area (Å²) in [6, 6.07) is 5.39. The molecule has 5 heteroatoms. The molecule has 1 heterocycles. The highest BCUT2D eigenvalue weighted by Gasteiger charge is 2.15. The second-order valence-electron chi connectivity index (χ2n) is 3.34. The zero-order valence-electron chi connectivity index (χ0n) is 8.54. The highest BCUT2D eigenvalue weighted by Crippen LogP contribution is 2.26. The van der Waals surface area contributed by atoms with Gasteiger partial charge in [0.15, 0.2) is 5.82 Å². The lowest BCUT2D eigenvalue weighted by molar-refractivity contribution is 0.141. The van der Waals surface area contributed by atoms with Gasteiger partial charge in [-0.2, -0.15) is 0 Å². The standard InChI is InChI=1S/C11H9ClF2N2/c1-2-6-4-3-5-7-8(6)15-11(10(13)14)16-9(7)12/h3-5,10H,2H2,1H3. The number of alkyl halides is 2. The Bertz CT molecular complexity index is 529. The number of hydrogen-bond donors (Lipinski definition) is 0. The Morgan fingerprint density at radius 3 is 2.69 bits per heavy atom. The van der Waals surface area contributed by atoms with Crippen LogP contribution in [0.1, 0.15) is 24.7 Å². The van der Waals surface area contributed by atoms with E-state index in [0.29, 0.717) is 17.3 Å². The maximum absolute atomic E-state index is 12.5. The molecule has 0 aliphatic carbocycles. The van der Waals surface area contributed by atoms with Crippen LogP contribution < -0.4 is 0 Å². The van der Waals surface area contributed by atoms with Gasteiger partial charge in [-0.25, -0.2) is 18.7 Å². The molecule has 2 nitrogen and oxygen atoms in total. The van der Waals surface area contributed by atoms with Gasteiger partial charge in [-0.05, 0) is 18.1 Å². The largest absolute Gasteiger partial charge is 0.297 e. The van der Waals surface area contributed by atoms with Crippen molar-refractivity contribution in [2.45, 2.75) is 19.8 Å². The minimum atomic E-state index is -2.70. The molecule has 2 rings (SSSR count). The number of hydrogen-bond acceptors (Lipinski definition) is 2. The average Bonchev–Trinajstić information content (AvgIpc) is 2.28. The molecule has 0 fully saturated rings. The number of nitrogens with zero attached hydrogens (tertiary/aromatic N) is 2. The van der Waals surface area contributed by atoms with Crippen molar-refractivity contribution in [2.24, 2.45) is 0 Å². The number of aromatic nitrogens is 2. The Labute approximate surface area is 96.3 Å². The van der Waals surface area contributed by atoms with Gasteiger partial charge < -0.3 is 0 Å². The Hall–Kier alpha value is -1.29. The number of fused-ring (bicyclic) bond motifs is 1. The van der Waals surface area contributed by atoms with Gasteiger partial charge in [0.1, 0.15) is 5.15 Å². The van der Waals surface area contributed by atoms with Crippen molar-refractivity contribution in [3.63, 3.8) is 0 Å². The van der Waals surface area contributed by atoms with E-state index in [1.807, 2.05) is 19.1 Å². The molecule has 0 aliphatic rings. The second-order valence-corrected chi connectivity index (χ2v) is 3.70. The third-order valence-corrected chi connectivity index (χ3v) is 2.65. The van der Waals surface area contributed by atoms with Gasteiger partial charge in [0.05, 0.1) is 5.52 Å². The van der Waals surface area contributed by atoms with Crippen LogP contribution in [0.25, 0.3) is 10.9 Å². The maximum atomic E-state index is 12.5. The zero-order chi connectivity index (χ0) is 11.7. The van der Waals surface area contributed by atoms with Crippen LogP contribution in [0.15, 0.2) is 18.2 Å². The first-order valence-electron chi connectivity index (χ1n) is 4.86. The average molecular weight is 243 g/mol. The molecule has 0 N–H and O–H groups in total. The first-order valence-corrected chi connectivity index (χ1v) is 5.24. The quantitative estimate of drug-likeness (QED) is 0.749. The predicted octanol–water partition coefficient (Wildman–Crippen LogP) is 3.78. The molecule has 2 aromatic rings. The molecule has 1 aromatic carbocycles. The van der Waals surface area contributed by atoms with Crippen molar-refractivity contribution in [1.29, 1.82) is 0 Å². The molecule has 0 aliphatic heterocycles. The fourth-order valence-corrected chi connectivity index (χ4v) is 1.81. The number of halogens is 3. The number of aryl methyl sites for hydroxylation is 1. The molecule has 84 valence electrons. The molecule has 0 spiro atoms. The fraction of sp³-hybridized carbons (Fsp3) is 0.273. The van der Waals surface area contributed by atoms with Crippen LogP contribution in [0.5, 0.6) is 0 Å². The zero-order valence-corrected chi connectivity index (χ0v) is 9.30. The van der Waals surface area contributed by atoms with E-state index in [0.717, 1.165) is 5.56 Å². The summed E-state index contributed by atoms with van der Waals surface area (Å²) >= 11 is 5.85. The van der Waals surface area contributed by atoms with E-state index in [4.69, 9.17) is 11.6 Å². The topological polar surface area (TPSA) is 25.8 Å². The van der Waals surface area contributed by atoms with E-state index in [2.05, 4.69) is 9.97 Å². The molecule has 0 saturated carbocycles. The molecule has 0 amide bonds. The van der Waals surface area contributed by atoms with Gasteiger partial charge in [-0.3, -0.25) is 0 Å². The van der Waals surface area contributed by atoms with Crippen LogP contribution in [-0.2, 0) is 6.42 Å². The van der Waals surface area contributed by atoms with E-state index >= 15 is 0 Å². The van der Waals surface area contributed by atoms with Gasteiger partial charge in [0.2, 0.25) is 0 Å². The summed E-state index contributed by atoms with van der Waals surface area (Å²) in [7, 11) is 0. The first-order chi connectivity index (χ1) is 7.63. The molecular formula is C11H9ClF2N2. The molecule has 1 aromatic heterocycles. The highest BCUT2D eigenvalue weighted by molar-refractivity contribution is 6.34. The van der Waals surface area contributed by atoms with Crippen LogP contribution in [0.2, 0.25) is 5.15 Å². The molecular weight excluding hydrogens is 234 g/mol. The van der Waals surface area contributed by atoms with Gasteiger partial charge >= 0.3 is 0 Å². The molecule has 0 atom stereocenters. The lowest BCUT2D eigenvalue weighted by Gasteiger charge is -2.06. The van der Waals surface area contributed by atoms with Crippen molar-refractivity contribution in [3.8, 4) is 0 Å². The van der Waals surface area contributed by atoms with Crippen molar-refractivity contribution in [1.82, 2.24) is 9.97 Å². The molecule has 0 radical (unpaired) electrons. The van der Waals surface area contributed by atoms with Gasteiger partial charge in [-0.15, -0.1) is 0 Å². The van der Waals surface area contributed by atoms with Crippen molar-refractivity contribution in [3.05, 3.63) is 34.7 Å². The lowest BCUT2D eigenvalue weighted by atomic mass is 10.1. The van der Waals surface area contributed by atoms with Gasteiger partial charge in [0, 0.05) is 5.39 Å². The van der Waals surface area contributed by atoms with Crippen LogP contribution in [0, 0.1) is 0 Å². The number of rotatable bonds is 2. The van der Waals surface area contributed by atoms with E-state index in [-0.39, 0.29) is 5.15 Å². The number of para-hydroxylation sites is 1. The highest BCUT2D eigenvalue weighted by atomic mass is 35.5. The summed E-state index contributed by atoms with van der Waals surface area (Å²) in [6.07, 6.45) is -1.99. The van der Waals surface area contributed by atoms with Gasteiger partial charge in [-0.1, -0.05) is 30.7 Å². The third kappa shape index (κ3) is 1.85. The molecule has 16 heavy (non-hydrogen) atoms. The second kappa shape index (κ2) is 4.29. The molecule has 0 bridgehead atoms. The lowest BCUT2D eigenvalue weighted by Crippen LogP contribution is -1.98. The van der Waals surface area contributed by atoms with Crippen LogP contribution in [0.4, 0.5) is 8.78 Å². The first kappa shape index (κ1) is 11.2. The normalized spacial score (nSPS) is 11.3. The summed E-state index contributed by atoms with van der Waals surface area (Å²) < 4.78 is 25.1. The third-order valence-electron chi connectivity index (χ3n) is 2.36. The Morgan fingerprint density at radius 2 is 2.06 bits per heavy atom. The van der Waals surface area contributed by atoms with Crippen molar-refractivity contribution < 1.29 is 8.78 Å². The Balaban J connectivity index is 2.77. The van der Waals surface area contributed by atoms with E-state index in [1.165, 1.54) is 0 Å². The fourth-order valence-electron chi connectivity index (χ4n) is 1.57. The summed E-state index contributed by atoms with van der Waals surface area (Å²) in [5.41, 5.74) is 1.41. The summed E-state index contributed by atoms with van der Waals surface area (Å²) in [4.78, 5) is 7.44. The SMILES string of the molecule is CCc1cccc2c(Cl)nc(C(F)F)nc12. The van der Waals surface area contributed by atoms with Crippen LogP contribution in [-0.4, -0.2) is 9.97 Å². The predicted molar refractivity (Wildman–Crippen MR) is 58.9 cm³/mol. The molecule has 0 unspecified atom stereocenters. The van der Waals surface area contributed by atoms with E-state index < -0.39 is 12.2 Å². The monoisotopic (exact) mass is 242 g/mol.